The Bertz CT molecular complexity index is 946. The monoisotopic (exact) mass is 360 g/mol. The number of carbonyl (C=O) groups is 1. The highest BCUT2D eigenvalue weighted by molar-refractivity contribution is 6.03. The molecule has 1 amide bonds. The Morgan fingerprint density at radius 1 is 1.00 bits per heavy atom. The fourth-order valence-electron chi connectivity index (χ4n) is 3.02. The van der Waals surface area contributed by atoms with Gasteiger partial charge in [0.25, 0.3) is 5.91 Å². The number of hydrogen-bond donors (Lipinski definition) is 2. The Morgan fingerprint density at radius 2 is 1.70 bits per heavy atom. The Balaban J connectivity index is 1.80. The van der Waals surface area contributed by atoms with Gasteiger partial charge in [0.1, 0.15) is 5.69 Å². The fourth-order valence-corrected chi connectivity index (χ4v) is 3.02. The smallest absolute Gasteiger partial charge is 0.274 e. The summed E-state index contributed by atoms with van der Waals surface area (Å²) in [6, 6.07) is 15.6. The van der Waals surface area contributed by atoms with Crippen LogP contribution in [0, 0.1) is 13.8 Å². The van der Waals surface area contributed by atoms with Gasteiger partial charge in [0.2, 0.25) is 5.95 Å². The highest BCUT2D eigenvalue weighted by atomic mass is 16.1. The molecule has 0 unspecified atom stereocenters. The van der Waals surface area contributed by atoms with E-state index in [1.165, 1.54) is 0 Å². The number of aryl methyl sites for hydroxylation is 2. The first-order chi connectivity index (χ1) is 12.9. The van der Waals surface area contributed by atoms with Crippen LogP contribution in [0.25, 0.3) is 0 Å². The second kappa shape index (κ2) is 7.99. The number of nitrogens with one attached hydrogen (secondary N) is 2. The van der Waals surface area contributed by atoms with Gasteiger partial charge in [-0.3, -0.25) is 4.79 Å². The molecule has 3 rings (SSSR count). The van der Waals surface area contributed by atoms with E-state index in [-0.39, 0.29) is 5.91 Å². The zero-order valence-corrected chi connectivity index (χ0v) is 16.1. The Morgan fingerprint density at radius 3 is 2.41 bits per heavy atom. The largest absolute Gasteiger partial charge is 0.324 e. The van der Waals surface area contributed by atoms with Crippen molar-refractivity contribution in [3.8, 4) is 0 Å². The summed E-state index contributed by atoms with van der Waals surface area (Å²) >= 11 is 0. The van der Waals surface area contributed by atoms with Crippen molar-refractivity contribution in [2.24, 2.45) is 0 Å². The summed E-state index contributed by atoms with van der Waals surface area (Å²) in [4.78, 5) is 21.3. The third-order valence-electron chi connectivity index (χ3n) is 4.20. The summed E-state index contributed by atoms with van der Waals surface area (Å²) in [6.45, 7) is 8.27. The number of aromatic nitrogens is 2. The minimum absolute atomic E-state index is 0.256. The van der Waals surface area contributed by atoms with Crippen LogP contribution in [0.15, 0.2) is 54.7 Å². The average molecular weight is 360 g/mol. The van der Waals surface area contributed by atoms with Crippen LogP contribution in [-0.2, 0) is 0 Å². The van der Waals surface area contributed by atoms with Gasteiger partial charge >= 0.3 is 0 Å². The lowest BCUT2D eigenvalue weighted by Gasteiger charge is -2.13. The van der Waals surface area contributed by atoms with Crippen LogP contribution in [-0.4, -0.2) is 15.9 Å². The van der Waals surface area contributed by atoms with Crippen LogP contribution in [0.3, 0.4) is 0 Å². The molecule has 0 bridgehead atoms. The summed E-state index contributed by atoms with van der Waals surface area (Å²) in [5, 5.41) is 6.13. The van der Waals surface area contributed by atoms with Crippen LogP contribution in [0.4, 0.5) is 17.3 Å². The second-order valence-electron chi connectivity index (χ2n) is 6.96. The molecule has 138 valence electrons. The molecular formula is C22H24N4O. The number of benzene rings is 2. The van der Waals surface area contributed by atoms with Gasteiger partial charge in [-0.2, -0.15) is 0 Å². The molecule has 0 saturated carbocycles. The van der Waals surface area contributed by atoms with E-state index < -0.39 is 0 Å². The van der Waals surface area contributed by atoms with Crippen LogP contribution in [0.1, 0.15) is 46.9 Å². The molecule has 2 N–H and O–H groups in total. The molecule has 2 aromatic carbocycles. The van der Waals surface area contributed by atoms with E-state index >= 15 is 0 Å². The van der Waals surface area contributed by atoms with Crippen molar-refractivity contribution in [1.82, 2.24) is 9.97 Å². The zero-order valence-electron chi connectivity index (χ0n) is 16.1. The summed E-state index contributed by atoms with van der Waals surface area (Å²) in [5.74, 6) is 0.451. The molecule has 5 heteroatoms. The Hall–Kier alpha value is -3.21. The molecule has 27 heavy (non-hydrogen) atoms. The molecule has 0 saturated heterocycles. The topological polar surface area (TPSA) is 66.9 Å². The molecular weight excluding hydrogens is 336 g/mol. The number of hydrogen-bond acceptors (Lipinski definition) is 4. The number of para-hydroxylation sites is 1. The third-order valence-corrected chi connectivity index (χ3v) is 4.20. The van der Waals surface area contributed by atoms with Gasteiger partial charge in [0.15, 0.2) is 0 Å². The first kappa shape index (κ1) is 18.6. The first-order valence-electron chi connectivity index (χ1n) is 9.01. The molecule has 3 aromatic rings. The van der Waals surface area contributed by atoms with Gasteiger partial charge in [-0.05, 0) is 60.7 Å². The zero-order chi connectivity index (χ0) is 19.4. The van der Waals surface area contributed by atoms with Crippen LogP contribution >= 0.6 is 0 Å². The molecule has 1 heterocycles. The molecule has 0 spiro atoms. The SMILES string of the molecule is Cc1cc(C)cc(Nc2nccc(C(=O)Nc3ccccc3C(C)C)n2)c1. The van der Waals surface area contributed by atoms with E-state index in [1.54, 1.807) is 12.3 Å². The number of anilines is 3. The molecule has 5 nitrogen and oxygen atoms in total. The van der Waals surface area contributed by atoms with Crippen molar-refractivity contribution in [3.63, 3.8) is 0 Å². The van der Waals surface area contributed by atoms with Gasteiger partial charge in [-0.15, -0.1) is 0 Å². The second-order valence-corrected chi connectivity index (χ2v) is 6.96. The number of amides is 1. The van der Waals surface area contributed by atoms with Crippen molar-refractivity contribution < 1.29 is 4.79 Å². The quantitative estimate of drug-likeness (QED) is 0.655. The van der Waals surface area contributed by atoms with E-state index in [4.69, 9.17) is 0 Å². The predicted molar refractivity (Wildman–Crippen MR) is 110 cm³/mol. The fraction of sp³-hybridized carbons (Fsp3) is 0.227. The number of nitrogens with zero attached hydrogens (tertiary/aromatic N) is 2. The van der Waals surface area contributed by atoms with Gasteiger partial charge < -0.3 is 10.6 Å². The lowest BCUT2D eigenvalue weighted by molar-refractivity contribution is 0.102. The van der Waals surface area contributed by atoms with Crippen molar-refractivity contribution in [1.29, 1.82) is 0 Å². The first-order valence-corrected chi connectivity index (χ1v) is 9.01. The molecule has 0 radical (unpaired) electrons. The van der Waals surface area contributed by atoms with Gasteiger partial charge in [0.05, 0.1) is 0 Å². The van der Waals surface area contributed by atoms with Gasteiger partial charge in [0, 0.05) is 17.6 Å². The van der Waals surface area contributed by atoms with E-state index in [9.17, 15) is 4.79 Å². The summed E-state index contributed by atoms with van der Waals surface area (Å²) < 4.78 is 0. The Labute approximate surface area is 159 Å². The molecule has 0 aliphatic heterocycles. The minimum atomic E-state index is -0.256. The minimum Gasteiger partial charge on any atom is -0.324 e. The predicted octanol–water partition coefficient (Wildman–Crippen LogP) is 5.21. The average Bonchev–Trinajstić information content (AvgIpc) is 2.61. The summed E-state index contributed by atoms with van der Waals surface area (Å²) in [5.41, 5.74) is 5.41. The van der Waals surface area contributed by atoms with Gasteiger partial charge in [-0.25, -0.2) is 9.97 Å². The van der Waals surface area contributed by atoms with E-state index in [0.717, 1.165) is 28.1 Å². The van der Waals surface area contributed by atoms with E-state index in [2.05, 4.69) is 40.5 Å². The highest BCUT2D eigenvalue weighted by Crippen LogP contribution is 2.24. The van der Waals surface area contributed by atoms with Crippen molar-refractivity contribution in [3.05, 3.63) is 77.1 Å². The third kappa shape index (κ3) is 4.70. The molecule has 0 fully saturated rings. The maximum Gasteiger partial charge on any atom is 0.274 e. The summed E-state index contributed by atoms with van der Waals surface area (Å²) in [6.07, 6.45) is 1.58. The van der Waals surface area contributed by atoms with Crippen molar-refractivity contribution in [2.75, 3.05) is 10.6 Å². The number of carbonyl (C=O) groups excluding carboxylic acids is 1. The van der Waals surface area contributed by atoms with Crippen molar-refractivity contribution in [2.45, 2.75) is 33.6 Å². The molecule has 0 aliphatic rings. The molecule has 1 aromatic heterocycles. The summed E-state index contributed by atoms with van der Waals surface area (Å²) in [7, 11) is 0. The lowest BCUT2D eigenvalue weighted by atomic mass is 10.0. The molecule has 0 aliphatic carbocycles. The normalized spacial score (nSPS) is 10.7. The van der Waals surface area contributed by atoms with Crippen molar-refractivity contribution >= 4 is 23.2 Å². The maximum atomic E-state index is 12.7. The van der Waals surface area contributed by atoms with E-state index in [0.29, 0.717) is 17.6 Å². The number of rotatable bonds is 5. The van der Waals surface area contributed by atoms with E-state index in [1.807, 2.05) is 50.2 Å². The van der Waals surface area contributed by atoms with Crippen LogP contribution < -0.4 is 10.6 Å². The molecule has 0 atom stereocenters. The Kier molecular flexibility index (Phi) is 5.50. The van der Waals surface area contributed by atoms with Crippen LogP contribution in [0.2, 0.25) is 0 Å². The maximum absolute atomic E-state index is 12.7. The standard InChI is InChI=1S/C22H24N4O/c1-14(2)18-7-5-6-8-19(18)25-21(27)20-9-10-23-22(26-20)24-17-12-15(3)11-16(4)13-17/h5-14H,1-4H3,(H,25,27)(H,23,24,26). The van der Waals surface area contributed by atoms with Crippen LogP contribution in [0.5, 0.6) is 0 Å². The highest BCUT2D eigenvalue weighted by Gasteiger charge is 2.13. The lowest BCUT2D eigenvalue weighted by Crippen LogP contribution is -2.16. The van der Waals surface area contributed by atoms with Gasteiger partial charge in [-0.1, -0.05) is 38.1 Å².